The van der Waals surface area contributed by atoms with E-state index in [-0.39, 0.29) is 5.91 Å². The van der Waals surface area contributed by atoms with Gasteiger partial charge in [-0.2, -0.15) is 0 Å². The molecule has 0 atom stereocenters. The van der Waals surface area contributed by atoms with Gasteiger partial charge in [-0.3, -0.25) is 4.79 Å². The lowest BCUT2D eigenvalue weighted by Crippen LogP contribution is -2.13. The van der Waals surface area contributed by atoms with Crippen LogP contribution in [0, 0.1) is 13.8 Å². The molecule has 0 unspecified atom stereocenters. The lowest BCUT2D eigenvalue weighted by Gasteiger charge is -2.10. The first-order valence-corrected chi connectivity index (χ1v) is 9.36. The topological polar surface area (TPSA) is 67.8 Å². The van der Waals surface area contributed by atoms with Crippen molar-refractivity contribution in [2.75, 3.05) is 5.32 Å². The van der Waals surface area contributed by atoms with Crippen molar-refractivity contribution in [2.45, 2.75) is 13.8 Å². The number of thiazole rings is 2. The molecule has 0 spiro atoms. The molecule has 4 rings (SSSR count). The van der Waals surface area contributed by atoms with Gasteiger partial charge in [0, 0.05) is 22.8 Å². The molecule has 0 fully saturated rings. The van der Waals surface area contributed by atoms with Crippen molar-refractivity contribution in [1.29, 1.82) is 0 Å². The van der Waals surface area contributed by atoms with E-state index >= 15 is 0 Å². The molecule has 124 valence electrons. The fraction of sp³-hybridized carbons (Fsp3) is 0.111. The average Bonchev–Trinajstić information content (AvgIpc) is 3.22. The molecule has 3 heterocycles. The molecule has 0 aliphatic heterocycles. The summed E-state index contributed by atoms with van der Waals surface area (Å²) in [5, 5.41) is 6.49. The van der Waals surface area contributed by atoms with Crippen LogP contribution in [0.2, 0.25) is 0 Å². The molecular formula is C18H14N4OS2. The second-order valence-electron chi connectivity index (χ2n) is 5.53. The number of nitrogens with zero attached hydrogens (tertiary/aromatic N) is 3. The maximum atomic E-state index is 12.4. The van der Waals surface area contributed by atoms with Crippen LogP contribution in [0.5, 0.6) is 0 Å². The molecule has 5 nitrogen and oxygen atoms in total. The highest BCUT2D eigenvalue weighted by atomic mass is 32.1. The molecule has 0 saturated carbocycles. The Bertz CT molecular complexity index is 1050. The Kier molecular flexibility index (Phi) is 4.03. The van der Waals surface area contributed by atoms with E-state index in [2.05, 4.69) is 20.3 Å². The van der Waals surface area contributed by atoms with E-state index in [9.17, 15) is 4.79 Å². The Balaban J connectivity index is 1.69. The highest BCUT2D eigenvalue weighted by molar-refractivity contribution is 7.21. The van der Waals surface area contributed by atoms with Gasteiger partial charge in [-0.15, -0.1) is 11.3 Å². The van der Waals surface area contributed by atoms with Crippen LogP contribution in [0.4, 0.5) is 5.69 Å². The maximum Gasteiger partial charge on any atom is 0.275 e. The summed E-state index contributed by atoms with van der Waals surface area (Å²) in [4.78, 5) is 26.5. The van der Waals surface area contributed by atoms with E-state index in [1.807, 2.05) is 44.2 Å². The van der Waals surface area contributed by atoms with Crippen LogP contribution in [0.3, 0.4) is 0 Å². The zero-order valence-electron chi connectivity index (χ0n) is 13.6. The Labute approximate surface area is 152 Å². The zero-order chi connectivity index (χ0) is 17.4. The molecule has 0 aliphatic rings. The number of carbonyl (C=O) groups excluding carboxylic acids is 1. The number of benzene rings is 1. The van der Waals surface area contributed by atoms with Gasteiger partial charge in [0.25, 0.3) is 5.91 Å². The molecule has 0 aliphatic carbocycles. The van der Waals surface area contributed by atoms with Crippen molar-refractivity contribution < 1.29 is 4.79 Å². The first-order chi connectivity index (χ1) is 12.1. The number of pyridine rings is 1. The summed E-state index contributed by atoms with van der Waals surface area (Å²) < 4.78 is 0. The van der Waals surface area contributed by atoms with E-state index in [0.29, 0.717) is 5.69 Å². The summed E-state index contributed by atoms with van der Waals surface area (Å²) in [6.45, 7) is 3.87. The lowest BCUT2D eigenvalue weighted by molar-refractivity contribution is 0.102. The molecule has 7 heteroatoms. The third-order valence-corrected chi connectivity index (χ3v) is 5.62. The van der Waals surface area contributed by atoms with E-state index in [1.54, 1.807) is 22.9 Å². The summed E-state index contributed by atoms with van der Waals surface area (Å²) in [5.74, 6) is -0.199. The van der Waals surface area contributed by atoms with Crippen molar-refractivity contribution in [3.63, 3.8) is 0 Å². The van der Waals surface area contributed by atoms with Gasteiger partial charge in [-0.1, -0.05) is 23.5 Å². The first kappa shape index (κ1) is 15.9. The molecule has 0 bridgehead atoms. The summed E-state index contributed by atoms with van der Waals surface area (Å²) in [6.07, 6.45) is 1.77. The van der Waals surface area contributed by atoms with Crippen LogP contribution in [-0.2, 0) is 0 Å². The minimum atomic E-state index is -0.199. The van der Waals surface area contributed by atoms with Crippen LogP contribution < -0.4 is 5.32 Å². The number of carbonyl (C=O) groups is 1. The summed E-state index contributed by atoms with van der Waals surface area (Å²) >= 11 is 3.01. The number of fused-ring (bicyclic) bond motifs is 1. The Hall–Kier alpha value is -2.64. The number of aromatic nitrogens is 3. The number of nitrogens with one attached hydrogen (secondary N) is 1. The third kappa shape index (κ3) is 3.04. The van der Waals surface area contributed by atoms with Crippen molar-refractivity contribution in [2.24, 2.45) is 0 Å². The largest absolute Gasteiger partial charge is 0.320 e. The second-order valence-corrected chi connectivity index (χ2v) is 7.57. The fourth-order valence-corrected chi connectivity index (χ4v) is 4.12. The van der Waals surface area contributed by atoms with Crippen LogP contribution >= 0.6 is 22.7 Å². The molecule has 0 radical (unpaired) electrons. The third-order valence-electron chi connectivity index (χ3n) is 3.83. The van der Waals surface area contributed by atoms with Crippen LogP contribution in [0.25, 0.3) is 20.9 Å². The van der Waals surface area contributed by atoms with Gasteiger partial charge in [0.1, 0.15) is 21.0 Å². The quantitative estimate of drug-likeness (QED) is 0.571. The number of aryl methyl sites for hydroxylation is 1. The van der Waals surface area contributed by atoms with Gasteiger partial charge in [0.15, 0.2) is 0 Å². The first-order valence-electron chi connectivity index (χ1n) is 7.67. The Morgan fingerprint density at radius 1 is 1.12 bits per heavy atom. The smallest absolute Gasteiger partial charge is 0.275 e. The Morgan fingerprint density at radius 2 is 2.00 bits per heavy atom. The number of hydrogen-bond acceptors (Lipinski definition) is 6. The highest BCUT2D eigenvalue weighted by Gasteiger charge is 2.15. The molecule has 1 aromatic carbocycles. The minimum absolute atomic E-state index is 0.199. The van der Waals surface area contributed by atoms with E-state index in [0.717, 1.165) is 37.2 Å². The van der Waals surface area contributed by atoms with E-state index in [1.165, 1.54) is 11.3 Å². The molecule has 4 aromatic rings. The SMILES string of the molecule is Cc1nc(C(=O)Nc2cccc(-c3nc4cccnc4s3)c2C)cs1. The minimum Gasteiger partial charge on any atom is -0.320 e. The maximum absolute atomic E-state index is 12.4. The van der Waals surface area contributed by atoms with Crippen LogP contribution in [0.1, 0.15) is 21.1 Å². The van der Waals surface area contributed by atoms with E-state index < -0.39 is 0 Å². The fourth-order valence-electron chi connectivity index (χ4n) is 2.54. The highest BCUT2D eigenvalue weighted by Crippen LogP contribution is 2.33. The number of hydrogen-bond donors (Lipinski definition) is 1. The molecular weight excluding hydrogens is 352 g/mol. The monoisotopic (exact) mass is 366 g/mol. The zero-order valence-corrected chi connectivity index (χ0v) is 15.2. The predicted molar refractivity (Wildman–Crippen MR) is 102 cm³/mol. The summed E-state index contributed by atoms with van der Waals surface area (Å²) in [6, 6.07) is 9.65. The molecule has 0 saturated heterocycles. The molecule has 25 heavy (non-hydrogen) atoms. The summed E-state index contributed by atoms with van der Waals surface area (Å²) in [7, 11) is 0. The number of anilines is 1. The van der Waals surface area contributed by atoms with E-state index in [4.69, 9.17) is 0 Å². The second kappa shape index (κ2) is 6.34. The van der Waals surface area contributed by atoms with Gasteiger partial charge < -0.3 is 5.32 Å². The van der Waals surface area contributed by atoms with Crippen LogP contribution in [-0.4, -0.2) is 20.9 Å². The van der Waals surface area contributed by atoms with Gasteiger partial charge >= 0.3 is 0 Å². The average molecular weight is 366 g/mol. The molecule has 1 amide bonds. The van der Waals surface area contributed by atoms with Gasteiger partial charge in [-0.05, 0) is 37.6 Å². The number of rotatable bonds is 3. The number of amides is 1. The Morgan fingerprint density at radius 3 is 2.76 bits per heavy atom. The van der Waals surface area contributed by atoms with Crippen molar-refractivity contribution in [3.8, 4) is 10.6 Å². The van der Waals surface area contributed by atoms with Crippen molar-refractivity contribution in [1.82, 2.24) is 15.0 Å². The summed E-state index contributed by atoms with van der Waals surface area (Å²) in [5.41, 5.74) is 4.06. The standard InChI is InChI=1S/C18H14N4OS2/c1-10-12(17-22-14-7-4-8-19-18(14)25-17)5-3-6-13(10)21-16(23)15-9-24-11(2)20-15/h3-9H,1-2H3,(H,21,23). The molecule has 3 aromatic heterocycles. The van der Waals surface area contributed by atoms with Gasteiger partial charge in [-0.25, -0.2) is 15.0 Å². The van der Waals surface area contributed by atoms with Gasteiger partial charge in [0.05, 0.1) is 5.01 Å². The van der Waals surface area contributed by atoms with Crippen molar-refractivity contribution in [3.05, 3.63) is 58.2 Å². The van der Waals surface area contributed by atoms with Gasteiger partial charge in [0.2, 0.25) is 0 Å². The van der Waals surface area contributed by atoms with Crippen LogP contribution in [0.15, 0.2) is 41.9 Å². The predicted octanol–water partition coefficient (Wildman–Crippen LogP) is 4.68. The molecule has 1 N–H and O–H groups in total. The van der Waals surface area contributed by atoms with Crippen molar-refractivity contribution >= 4 is 44.6 Å². The normalized spacial score (nSPS) is 11.0. The lowest BCUT2D eigenvalue weighted by atomic mass is 10.1.